The van der Waals surface area contributed by atoms with Crippen LogP contribution in [0.2, 0.25) is 0 Å². The second-order valence-corrected chi connectivity index (χ2v) is 7.98. The zero-order valence-corrected chi connectivity index (χ0v) is 15.5. The monoisotopic (exact) mass is 328 g/mol. The summed E-state index contributed by atoms with van der Waals surface area (Å²) in [6.07, 6.45) is -0.725. The first-order chi connectivity index (χ1) is 11.0. The van der Waals surface area contributed by atoms with E-state index in [1.54, 1.807) is 0 Å². The maximum Gasteiger partial charge on any atom is 0.120 e. The zero-order chi connectivity index (χ0) is 18.0. The second-order valence-electron chi connectivity index (χ2n) is 7.98. The predicted octanol–water partition coefficient (Wildman–Crippen LogP) is 5.12. The molecule has 24 heavy (non-hydrogen) atoms. The summed E-state index contributed by atoms with van der Waals surface area (Å²) in [4.78, 5) is 0. The minimum Gasteiger partial charge on any atom is -0.488 e. The van der Waals surface area contributed by atoms with Gasteiger partial charge in [0.15, 0.2) is 0 Å². The van der Waals surface area contributed by atoms with Gasteiger partial charge in [-0.1, -0.05) is 24.3 Å². The first-order valence-electron chi connectivity index (χ1n) is 8.29. The maximum atomic E-state index is 10.7. The lowest BCUT2D eigenvalue weighted by atomic mass is 10.0. The molecule has 0 fully saturated rings. The quantitative estimate of drug-likeness (QED) is 0.846. The van der Waals surface area contributed by atoms with Crippen LogP contribution in [-0.2, 0) is 0 Å². The SMILES string of the molecule is CC(C)(C)Oc1cccc(C(O)c2cccc(OC(C)(C)C)c2)c1. The molecule has 0 aliphatic carbocycles. The third-order valence-electron chi connectivity index (χ3n) is 3.20. The number of hydrogen-bond acceptors (Lipinski definition) is 3. The Morgan fingerprint density at radius 1 is 0.708 bits per heavy atom. The van der Waals surface area contributed by atoms with Crippen LogP contribution in [0.3, 0.4) is 0 Å². The lowest BCUT2D eigenvalue weighted by Crippen LogP contribution is -2.23. The van der Waals surface area contributed by atoms with Crippen LogP contribution >= 0.6 is 0 Å². The van der Waals surface area contributed by atoms with Crippen LogP contribution in [0, 0.1) is 0 Å². The molecule has 0 amide bonds. The Morgan fingerprint density at radius 2 is 1.08 bits per heavy atom. The second kappa shape index (κ2) is 6.86. The van der Waals surface area contributed by atoms with Crippen molar-refractivity contribution in [2.45, 2.75) is 58.8 Å². The van der Waals surface area contributed by atoms with E-state index < -0.39 is 6.10 Å². The number of ether oxygens (including phenoxy) is 2. The highest BCUT2D eigenvalue weighted by Gasteiger charge is 2.17. The summed E-state index contributed by atoms with van der Waals surface area (Å²) in [6, 6.07) is 15.2. The van der Waals surface area contributed by atoms with E-state index in [1.807, 2.05) is 90.1 Å². The van der Waals surface area contributed by atoms with Crippen LogP contribution in [-0.4, -0.2) is 16.3 Å². The Bertz CT molecular complexity index is 618. The number of aliphatic hydroxyl groups excluding tert-OH is 1. The van der Waals surface area contributed by atoms with Gasteiger partial charge in [-0.2, -0.15) is 0 Å². The van der Waals surface area contributed by atoms with Gasteiger partial charge in [0.2, 0.25) is 0 Å². The zero-order valence-electron chi connectivity index (χ0n) is 15.5. The topological polar surface area (TPSA) is 38.7 Å². The van der Waals surface area contributed by atoms with Gasteiger partial charge >= 0.3 is 0 Å². The Labute approximate surface area is 145 Å². The van der Waals surface area contributed by atoms with E-state index in [0.29, 0.717) is 0 Å². The molecule has 0 aromatic heterocycles. The van der Waals surface area contributed by atoms with E-state index in [1.165, 1.54) is 0 Å². The first-order valence-corrected chi connectivity index (χ1v) is 8.29. The number of rotatable bonds is 4. The van der Waals surface area contributed by atoms with E-state index in [9.17, 15) is 5.11 Å². The molecule has 0 bridgehead atoms. The number of aliphatic hydroxyl groups is 1. The average molecular weight is 328 g/mol. The van der Waals surface area contributed by atoms with Crippen molar-refractivity contribution in [2.24, 2.45) is 0 Å². The molecule has 0 heterocycles. The fourth-order valence-electron chi connectivity index (χ4n) is 2.40. The summed E-state index contributed by atoms with van der Waals surface area (Å²) in [5.41, 5.74) is 1.04. The molecule has 2 aromatic carbocycles. The van der Waals surface area contributed by atoms with Gasteiger partial charge in [-0.05, 0) is 76.9 Å². The van der Waals surface area contributed by atoms with Crippen LogP contribution in [0.4, 0.5) is 0 Å². The van der Waals surface area contributed by atoms with Gasteiger partial charge in [0.1, 0.15) is 28.8 Å². The largest absolute Gasteiger partial charge is 0.488 e. The van der Waals surface area contributed by atoms with Crippen molar-refractivity contribution in [3.8, 4) is 11.5 Å². The summed E-state index contributed by atoms with van der Waals surface area (Å²) in [5.74, 6) is 1.50. The van der Waals surface area contributed by atoms with Crippen molar-refractivity contribution in [3.05, 3.63) is 59.7 Å². The van der Waals surface area contributed by atoms with Gasteiger partial charge in [0, 0.05) is 0 Å². The molecule has 0 spiro atoms. The van der Waals surface area contributed by atoms with Gasteiger partial charge < -0.3 is 14.6 Å². The summed E-state index contributed by atoms with van der Waals surface area (Å²) in [7, 11) is 0. The third-order valence-corrected chi connectivity index (χ3v) is 3.20. The summed E-state index contributed by atoms with van der Waals surface area (Å²) in [5, 5.41) is 10.7. The highest BCUT2D eigenvalue weighted by atomic mass is 16.5. The molecule has 2 aromatic rings. The fraction of sp³-hybridized carbons (Fsp3) is 0.429. The molecule has 3 nitrogen and oxygen atoms in total. The smallest absolute Gasteiger partial charge is 0.120 e. The Morgan fingerprint density at radius 3 is 1.42 bits per heavy atom. The van der Waals surface area contributed by atoms with Crippen LogP contribution in [0.15, 0.2) is 48.5 Å². The van der Waals surface area contributed by atoms with Crippen LogP contribution < -0.4 is 9.47 Å². The molecule has 130 valence electrons. The Balaban J connectivity index is 2.24. The van der Waals surface area contributed by atoms with Gasteiger partial charge in [0.05, 0.1) is 0 Å². The first kappa shape index (κ1) is 18.3. The van der Waals surface area contributed by atoms with Crippen molar-refractivity contribution in [3.63, 3.8) is 0 Å². The van der Waals surface area contributed by atoms with E-state index in [0.717, 1.165) is 22.6 Å². The van der Waals surface area contributed by atoms with Gasteiger partial charge in [-0.15, -0.1) is 0 Å². The van der Waals surface area contributed by atoms with E-state index >= 15 is 0 Å². The standard InChI is InChI=1S/C21H28O3/c1-20(2,3)23-17-11-7-9-15(13-17)19(22)16-10-8-12-18(14-16)24-21(4,5)6/h7-14,19,22H,1-6H3. The van der Waals surface area contributed by atoms with Crippen molar-refractivity contribution < 1.29 is 14.6 Å². The lowest BCUT2D eigenvalue weighted by Gasteiger charge is -2.23. The molecule has 0 saturated heterocycles. The van der Waals surface area contributed by atoms with Crippen molar-refractivity contribution in [2.75, 3.05) is 0 Å². The molecule has 2 rings (SSSR count). The maximum absolute atomic E-state index is 10.7. The van der Waals surface area contributed by atoms with Gasteiger partial charge in [-0.3, -0.25) is 0 Å². The minimum atomic E-state index is -0.725. The Kier molecular flexibility index (Phi) is 5.24. The normalized spacial score (nSPS) is 12.3. The molecule has 0 saturated carbocycles. The lowest BCUT2D eigenvalue weighted by molar-refractivity contribution is 0.130. The average Bonchev–Trinajstić information content (AvgIpc) is 2.43. The summed E-state index contributed by atoms with van der Waals surface area (Å²) >= 11 is 0. The summed E-state index contributed by atoms with van der Waals surface area (Å²) < 4.78 is 11.8. The molecule has 0 unspecified atom stereocenters. The molecular weight excluding hydrogens is 300 g/mol. The molecule has 0 atom stereocenters. The molecule has 0 radical (unpaired) electrons. The Hall–Kier alpha value is -2.00. The van der Waals surface area contributed by atoms with E-state index in [-0.39, 0.29) is 11.2 Å². The highest BCUT2D eigenvalue weighted by molar-refractivity contribution is 5.38. The molecule has 1 N–H and O–H groups in total. The molecule has 0 aliphatic heterocycles. The molecule has 3 heteroatoms. The van der Waals surface area contributed by atoms with Gasteiger partial charge in [-0.25, -0.2) is 0 Å². The third kappa shape index (κ3) is 5.57. The van der Waals surface area contributed by atoms with Crippen LogP contribution in [0.1, 0.15) is 58.8 Å². The van der Waals surface area contributed by atoms with E-state index in [4.69, 9.17) is 9.47 Å². The predicted molar refractivity (Wildman–Crippen MR) is 97.7 cm³/mol. The van der Waals surface area contributed by atoms with Crippen molar-refractivity contribution in [1.29, 1.82) is 0 Å². The summed E-state index contributed by atoms with van der Waals surface area (Å²) in [6.45, 7) is 12.0. The van der Waals surface area contributed by atoms with E-state index in [2.05, 4.69) is 0 Å². The number of hydrogen-bond donors (Lipinski definition) is 1. The van der Waals surface area contributed by atoms with Gasteiger partial charge in [0.25, 0.3) is 0 Å². The van der Waals surface area contributed by atoms with Crippen molar-refractivity contribution >= 4 is 0 Å². The fourth-order valence-corrected chi connectivity index (χ4v) is 2.40. The highest BCUT2D eigenvalue weighted by Crippen LogP contribution is 2.29. The number of benzene rings is 2. The molecule has 0 aliphatic rings. The van der Waals surface area contributed by atoms with Crippen LogP contribution in [0.25, 0.3) is 0 Å². The molecular formula is C21H28O3. The minimum absolute atomic E-state index is 0.274. The van der Waals surface area contributed by atoms with Crippen LogP contribution in [0.5, 0.6) is 11.5 Å². The van der Waals surface area contributed by atoms with Crippen molar-refractivity contribution in [1.82, 2.24) is 0 Å².